The van der Waals surface area contributed by atoms with Crippen molar-refractivity contribution < 1.29 is 17.6 Å². The van der Waals surface area contributed by atoms with Crippen LogP contribution in [0.2, 0.25) is 0 Å². The summed E-state index contributed by atoms with van der Waals surface area (Å²) in [4.78, 5) is 12.5. The van der Waals surface area contributed by atoms with Gasteiger partial charge in [-0.25, -0.2) is 13.1 Å². The second-order valence-corrected chi connectivity index (χ2v) is 9.19. The van der Waals surface area contributed by atoms with Crippen molar-refractivity contribution in [2.45, 2.75) is 56.5 Å². The number of amides is 1. The number of aryl methyl sites for hydroxylation is 1. The molecule has 0 unspecified atom stereocenters. The van der Waals surface area contributed by atoms with Gasteiger partial charge in [-0.1, -0.05) is 37.0 Å². The van der Waals surface area contributed by atoms with Gasteiger partial charge in [0.15, 0.2) is 0 Å². The van der Waals surface area contributed by atoms with Crippen molar-refractivity contribution in [3.05, 3.63) is 59.1 Å². The molecule has 0 aliphatic heterocycles. The van der Waals surface area contributed by atoms with Crippen LogP contribution in [-0.2, 0) is 21.4 Å². The van der Waals surface area contributed by atoms with Gasteiger partial charge in [-0.15, -0.1) is 0 Å². The van der Waals surface area contributed by atoms with E-state index in [1.165, 1.54) is 24.6 Å². The Bertz CT molecular complexity index is 1060. The number of benzene rings is 1. The summed E-state index contributed by atoms with van der Waals surface area (Å²) in [5.74, 6) is 0.277. The van der Waals surface area contributed by atoms with Gasteiger partial charge in [0.2, 0.25) is 10.0 Å². The minimum atomic E-state index is -3.67. The highest BCUT2D eigenvalue weighted by molar-refractivity contribution is 7.89. The molecule has 0 saturated heterocycles. The maximum Gasteiger partial charge on any atom is 0.262 e. The molecule has 0 bridgehead atoms. The summed E-state index contributed by atoms with van der Waals surface area (Å²) in [5, 5.41) is 12.2. The molecule has 8 heteroatoms. The van der Waals surface area contributed by atoms with Crippen molar-refractivity contribution >= 4 is 22.0 Å². The fourth-order valence-corrected chi connectivity index (χ4v) is 4.33. The quantitative estimate of drug-likeness (QED) is 0.519. The number of furan rings is 1. The average Bonchev–Trinajstić information content (AvgIpc) is 3.19. The number of nitrogens with one attached hydrogen (secondary N) is 2. The zero-order chi connectivity index (χ0) is 21.6. The highest BCUT2D eigenvalue weighted by Crippen LogP contribution is 2.19. The van der Waals surface area contributed by atoms with E-state index in [-0.39, 0.29) is 23.1 Å². The first-order chi connectivity index (χ1) is 14.4. The Hall–Kier alpha value is -2.89. The number of rotatable bonds is 7. The first-order valence-corrected chi connectivity index (χ1v) is 11.4. The zero-order valence-corrected chi connectivity index (χ0v) is 17.7. The van der Waals surface area contributed by atoms with Gasteiger partial charge >= 0.3 is 0 Å². The lowest BCUT2D eigenvalue weighted by molar-refractivity contribution is -0.117. The van der Waals surface area contributed by atoms with Gasteiger partial charge in [0.05, 0.1) is 11.4 Å². The Morgan fingerprint density at radius 1 is 1.17 bits per heavy atom. The van der Waals surface area contributed by atoms with E-state index in [2.05, 4.69) is 10.0 Å². The summed E-state index contributed by atoms with van der Waals surface area (Å²) in [6.45, 7) is 1.84. The Morgan fingerprint density at radius 2 is 1.87 bits per heavy atom. The van der Waals surface area contributed by atoms with E-state index in [1.807, 2.05) is 13.0 Å². The Kier molecular flexibility index (Phi) is 7.08. The van der Waals surface area contributed by atoms with E-state index in [9.17, 15) is 18.5 Å². The molecule has 1 heterocycles. The summed E-state index contributed by atoms with van der Waals surface area (Å²) < 4.78 is 32.8. The van der Waals surface area contributed by atoms with E-state index < -0.39 is 15.9 Å². The standard InChI is InChI=1S/C22H25N3O4S/c1-16-7-11-21(12-8-16)30(27,28)24-15-20-10-9-19(29-20)13-17(14-23)22(26)25-18-5-3-2-4-6-18/h7-13,18,24H,2-6,15H2,1H3,(H,25,26)/b17-13+. The van der Waals surface area contributed by atoms with Crippen LogP contribution in [0.3, 0.4) is 0 Å². The molecule has 1 aliphatic rings. The minimum Gasteiger partial charge on any atom is -0.460 e. The molecule has 1 amide bonds. The molecule has 2 aromatic rings. The number of nitriles is 1. The lowest BCUT2D eigenvalue weighted by Crippen LogP contribution is -2.36. The van der Waals surface area contributed by atoms with Crippen LogP contribution in [0.15, 0.2) is 51.3 Å². The fraction of sp³-hybridized carbons (Fsp3) is 0.364. The van der Waals surface area contributed by atoms with Crippen LogP contribution in [0.4, 0.5) is 0 Å². The molecular formula is C22H25N3O4S. The monoisotopic (exact) mass is 427 g/mol. The van der Waals surface area contributed by atoms with Crippen LogP contribution in [0.5, 0.6) is 0 Å². The van der Waals surface area contributed by atoms with Crippen LogP contribution < -0.4 is 10.0 Å². The molecule has 0 radical (unpaired) electrons. The molecule has 1 aliphatic carbocycles. The molecule has 7 nitrogen and oxygen atoms in total. The normalized spacial score (nSPS) is 15.5. The number of hydrogen-bond donors (Lipinski definition) is 2. The second-order valence-electron chi connectivity index (χ2n) is 7.42. The smallest absolute Gasteiger partial charge is 0.262 e. The van der Waals surface area contributed by atoms with Crippen LogP contribution in [0.1, 0.15) is 49.2 Å². The molecule has 3 rings (SSSR count). The van der Waals surface area contributed by atoms with Crippen molar-refractivity contribution in [3.63, 3.8) is 0 Å². The van der Waals surface area contributed by atoms with Crippen molar-refractivity contribution in [2.24, 2.45) is 0 Å². The molecule has 1 aromatic carbocycles. The van der Waals surface area contributed by atoms with Crippen LogP contribution >= 0.6 is 0 Å². The van der Waals surface area contributed by atoms with Crippen molar-refractivity contribution in [1.29, 1.82) is 5.26 Å². The third kappa shape index (κ3) is 5.81. The van der Waals surface area contributed by atoms with Gasteiger partial charge in [0.1, 0.15) is 23.2 Å². The molecule has 1 aromatic heterocycles. The first kappa shape index (κ1) is 21.8. The summed E-state index contributed by atoms with van der Waals surface area (Å²) in [7, 11) is -3.67. The van der Waals surface area contributed by atoms with E-state index in [4.69, 9.17) is 4.42 Å². The zero-order valence-electron chi connectivity index (χ0n) is 16.8. The summed E-state index contributed by atoms with van der Waals surface area (Å²) in [5.41, 5.74) is 0.930. The number of hydrogen-bond acceptors (Lipinski definition) is 5. The lowest BCUT2D eigenvalue weighted by Gasteiger charge is -2.22. The van der Waals surface area contributed by atoms with E-state index >= 15 is 0 Å². The largest absolute Gasteiger partial charge is 0.460 e. The number of carbonyl (C=O) groups is 1. The van der Waals surface area contributed by atoms with Crippen LogP contribution in [-0.4, -0.2) is 20.4 Å². The third-order valence-corrected chi connectivity index (χ3v) is 6.46. The molecule has 30 heavy (non-hydrogen) atoms. The van der Waals surface area contributed by atoms with Gasteiger partial charge in [0.25, 0.3) is 5.91 Å². The molecular weight excluding hydrogens is 402 g/mol. The maximum absolute atomic E-state index is 12.4. The SMILES string of the molecule is Cc1ccc(S(=O)(=O)NCc2ccc(/C=C(\C#N)C(=O)NC3CCCCC3)o2)cc1. The molecule has 158 valence electrons. The second kappa shape index (κ2) is 9.74. The van der Waals surface area contributed by atoms with Crippen molar-refractivity contribution in [2.75, 3.05) is 0 Å². The highest BCUT2D eigenvalue weighted by atomic mass is 32.2. The number of nitrogens with zero attached hydrogens (tertiary/aromatic N) is 1. The number of carbonyl (C=O) groups excluding carboxylic acids is 1. The molecule has 1 fully saturated rings. The van der Waals surface area contributed by atoms with Gasteiger partial charge in [-0.3, -0.25) is 4.79 Å². The Balaban J connectivity index is 1.62. The van der Waals surface area contributed by atoms with E-state index in [0.29, 0.717) is 11.5 Å². The van der Waals surface area contributed by atoms with Crippen LogP contribution in [0, 0.1) is 18.3 Å². The topological polar surface area (TPSA) is 112 Å². The first-order valence-electron chi connectivity index (χ1n) is 9.95. The van der Waals surface area contributed by atoms with Gasteiger partial charge in [-0.2, -0.15) is 5.26 Å². The van der Waals surface area contributed by atoms with Gasteiger partial charge < -0.3 is 9.73 Å². The summed E-state index contributed by atoms with van der Waals surface area (Å²) >= 11 is 0. The third-order valence-electron chi connectivity index (χ3n) is 5.04. The Morgan fingerprint density at radius 3 is 2.53 bits per heavy atom. The maximum atomic E-state index is 12.4. The van der Waals surface area contributed by atoms with Gasteiger partial charge in [0, 0.05) is 12.1 Å². The molecule has 2 N–H and O–H groups in total. The minimum absolute atomic E-state index is 0.0401. The lowest BCUT2D eigenvalue weighted by atomic mass is 9.95. The fourth-order valence-electron chi connectivity index (χ4n) is 3.33. The number of sulfonamides is 1. The molecule has 0 atom stereocenters. The van der Waals surface area contributed by atoms with Gasteiger partial charge in [-0.05, 0) is 44.0 Å². The summed E-state index contributed by atoms with van der Waals surface area (Å²) in [6, 6.07) is 11.8. The predicted octanol–water partition coefficient (Wildman–Crippen LogP) is 3.42. The van der Waals surface area contributed by atoms with E-state index in [1.54, 1.807) is 24.3 Å². The van der Waals surface area contributed by atoms with Crippen LogP contribution in [0.25, 0.3) is 6.08 Å². The van der Waals surface area contributed by atoms with Crippen molar-refractivity contribution in [1.82, 2.24) is 10.0 Å². The Labute approximate surface area is 176 Å². The van der Waals surface area contributed by atoms with E-state index in [0.717, 1.165) is 31.2 Å². The molecule has 0 spiro atoms. The van der Waals surface area contributed by atoms with Crippen molar-refractivity contribution in [3.8, 4) is 6.07 Å². The predicted molar refractivity (Wildman–Crippen MR) is 113 cm³/mol. The highest BCUT2D eigenvalue weighted by Gasteiger charge is 2.19. The summed E-state index contributed by atoms with van der Waals surface area (Å²) in [6.07, 6.45) is 6.56. The average molecular weight is 428 g/mol. The molecule has 1 saturated carbocycles.